The SMILES string of the molecule is CCNC(C)(C)C(=O)N1CCSCC1CC(=O)O. The van der Waals surface area contributed by atoms with Crippen LogP contribution in [0.15, 0.2) is 0 Å². The maximum Gasteiger partial charge on any atom is 0.305 e. The van der Waals surface area contributed by atoms with E-state index in [9.17, 15) is 9.59 Å². The van der Waals surface area contributed by atoms with Crippen molar-refractivity contribution in [2.24, 2.45) is 0 Å². The van der Waals surface area contributed by atoms with Crippen LogP contribution < -0.4 is 5.32 Å². The van der Waals surface area contributed by atoms with Gasteiger partial charge in [0.05, 0.1) is 18.0 Å². The monoisotopic (exact) mass is 274 g/mol. The first-order valence-electron chi connectivity index (χ1n) is 6.24. The Morgan fingerprint density at radius 2 is 2.17 bits per heavy atom. The number of carbonyl (C=O) groups excluding carboxylic acids is 1. The molecule has 1 fully saturated rings. The smallest absolute Gasteiger partial charge is 0.305 e. The molecule has 5 nitrogen and oxygen atoms in total. The predicted octanol–water partition coefficient (Wildman–Crippen LogP) is 0.793. The van der Waals surface area contributed by atoms with Gasteiger partial charge in [0.25, 0.3) is 0 Å². The first-order chi connectivity index (χ1) is 8.38. The van der Waals surface area contributed by atoms with Crippen LogP contribution in [0.1, 0.15) is 27.2 Å². The summed E-state index contributed by atoms with van der Waals surface area (Å²) < 4.78 is 0. The molecule has 0 aromatic rings. The Bertz CT molecular complexity index is 320. The summed E-state index contributed by atoms with van der Waals surface area (Å²) in [4.78, 5) is 25.0. The summed E-state index contributed by atoms with van der Waals surface area (Å²) in [6.07, 6.45) is 0.0287. The van der Waals surface area contributed by atoms with E-state index in [2.05, 4.69) is 5.32 Å². The summed E-state index contributed by atoms with van der Waals surface area (Å²) in [5.74, 6) is 0.738. The van der Waals surface area contributed by atoms with Crippen molar-refractivity contribution in [1.82, 2.24) is 10.2 Å². The van der Waals surface area contributed by atoms with E-state index in [4.69, 9.17) is 5.11 Å². The number of hydrogen-bond donors (Lipinski definition) is 2. The zero-order chi connectivity index (χ0) is 13.8. The second-order valence-electron chi connectivity index (χ2n) is 4.98. The molecule has 0 radical (unpaired) electrons. The van der Waals surface area contributed by atoms with E-state index >= 15 is 0 Å². The Labute approximate surface area is 112 Å². The highest BCUT2D eigenvalue weighted by Crippen LogP contribution is 2.22. The van der Waals surface area contributed by atoms with Gasteiger partial charge in [-0.3, -0.25) is 9.59 Å². The summed E-state index contributed by atoms with van der Waals surface area (Å²) in [5, 5.41) is 12.1. The molecule has 0 saturated carbocycles. The van der Waals surface area contributed by atoms with Gasteiger partial charge in [-0.1, -0.05) is 6.92 Å². The fourth-order valence-electron chi connectivity index (χ4n) is 2.17. The lowest BCUT2D eigenvalue weighted by Crippen LogP contribution is -2.59. The van der Waals surface area contributed by atoms with Crippen LogP contribution in [-0.4, -0.2) is 58.1 Å². The van der Waals surface area contributed by atoms with Crippen LogP contribution in [0.4, 0.5) is 0 Å². The molecule has 0 spiro atoms. The largest absolute Gasteiger partial charge is 0.481 e. The molecule has 0 bridgehead atoms. The number of likely N-dealkylation sites (N-methyl/N-ethyl adjacent to an activating group) is 1. The van der Waals surface area contributed by atoms with Gasteiger partial charge in [-0.2, -0.15) is 11.8 Å². The van der Waals surface area contributed by atoms with Gasteiger partial charge in [0.2, 0.25) is 5.91 Å². The van der Waals surface area contributed by atoms with Crippen molar-refractivity contribution < 1.29 is 14.7 Å². The minimum atomic E-state index is -0.846. The third kappa shape index (κ3) is 3.88. The molecule has 1 amide bonds. The number of nitrogens with one attached hydrogen (secondary N) is 1. The third-order valence-electron chi connectivity index (χ3n) is 3.05. The Hall–Kier alpha value is -0.750. The summed E-state index contributed by atoms with van der Waals surface area (Å²) in [5.41, 5.74) is -0.631. The highest BCUT2D eigenvalue weighted by Gasteiger charge is 2.36. The second kappa shape index (κ2) is 6.43. The molecule has 1 heterocycles. The lowest BCUT2D eigenvalue weighted by atomic mass is 10.0. The minimum absolute atomic E-state index is 0.00380. The lowest BCUT2D eigenvalue weighted by Gasteiger charge is -2.39. The molecule has 18 heavy (non-hydrogen) atoms. The maximum absolute atomic E-state index is 12.5. The average Bonchev–Trinajstić information content (AvgIpc) is 2.28. The molecule has 2 N–H and O–H groups in total. The van der Waals surface area contributed by atoms with Crippen LogP contribution in [0.3, 0.4) is 0 Å². The highest BCUT2D eigenvalue weighted by atomic mass is 32.2. The zero-order valence-electron chi connectivity index (χ0n) is 11.2. The van der Waals surface area contributed by atoms with Gasteiger partial charge in [-0.25, -0.2) is 0 Å². The molecule has 0 aromatic carbocycles. The zero-order valence-corrected chi connectivity index (χ0v) is 12.0. The molecule has 0 aliphatic carbocycles. The summed E-state index contributed by atoms with van der Waals surface area (Å²) >= 11 is 1.71. The molecule has 1 unspecified atom stereocenters. The molecule has 6 heteroatoms. The van der Waals surface area contributed by atoms with Crippen molar-refractivity contribution in [2.75, 3.05) is 24.6 Å². The molecule has 1 aliphatic rings. The van der Waals surface area contributed by atoms with Crippen LogP contribution in [0.2, 0.25) is 0 Å². The van der Waals surface area contributed by atoms with E-state index in [0.29, 0.717) is 18.8 Å². The van der Waals surface area contributed by atoms with Gasteiger partial charge in [0, 0.05) is 18.1 Å². The Morgan fingerprint density at radius 3 is 2.72 bits per heavy atom. The fourth-order valence-corrected chi connectivity index (χ4v) is 3.23. The number of carboxylic acid groups (broad SMARTS) is 1. The summed E-state index contributed by atoms with van der Waals surface area (Å²) in [6, 6.07) is -0.188. The van der Waals surface area contributed by atoms with Crippen molar-refractivity contribution in [3.8, 4) is 0 Å². The molecule has 0 aromatic heterocycles. The van der Waals surface area contributed by atoms with Crippen LogP contribution in [0.25, 0.3) is 0 Å². The second-order valence-corrected chi connectivity index (χ2v) is 6.13. The standard InChI is InChI=1S/C12H22N2O3S/c1-4-13-12(2,3)11(17)14-5-6-18-8-9(14)7-10(15)16/h9,13H,4-8H2,1-3H3,(H,15,16). The molecule has 1 saturated heterocycles. The predicted molar refractivity (Wildman–Crippen MR) is 72.8 cm³/mol. The van der Waals surface area contributed by atoms with Crippen LogP contribution in [0, 0.1) is 0 Å². The number of carboxylic acids is 1. The van der Waals surface area contributed by atoms with Crippen LogP contribution >= 0.6 is 11.8 Å². The van der Waals surface area contributed by atoms with Crippen molar-refractivity contribution in [2.45, 2.75) is 38.8 Å². The van der Waals surface area contributed by atoms with Crippen molar-refractivity contribution >= 4 is 23.6 Å². The third-order valence-corrected chi connectivity index (χ3v) is 4.14. The number of nitrogens with zero attached hydrogens (tertiary/aromatic N) is 1. The minimum Gasteiger partial charge on any atom is -0.481 e. The number of aliphatic carboxylic acids is 1. The first-order valence-corrected chi connectivity index (χ1v) is 7.39. The molecule has 1 rings (SSSR count). The van der Waals surface area contributed by atoms with E-state index < -0.39 is 11.5 Å². The van der Waals surface area contributed by atoms with Gasteiger partial charge in [0.15, 0.2) is 0 Å². The number of amides is 1. The number of hydrogen-bond acceptors (Lipinski definition) is 4. The topological polar surface area (TPSA) is 69.6 Å². The van der Waals surface area contributed by atoms with E-state index in [1.807, 2.05) is 20.8 Å². The molecule has 1 aliphatic heterocycles. The van der Waals surface area contributed by atoms with Gasteiger partial charge in [-0.15, -0.1) is 0 Å². The quantitative estimate of drug-likeness (QED) is 0.776. The molecular formula is C12H22N2O3S. The number of rotatable bonds is 5. The van der Waals surface area contributed by atoms with Crippen LogP contribution in [-0.2, 0) is 9.59 Å². The van der Waals surface area contributed by atoms with Gasteiger partial charge >= 0.3 is 5.97 Å². The van der Waals surface area contributed by atoms with Crippen molar-refractivity contribution in [1.29, 1.82) is 0 Å². The Balaban J connectivity index is 2.76. The Kier molecular flexibility index (Phi) is 5.47. The van der Waals surface area contributed by atoms with Crippen molar-refractivity contribution in [3.63, 3.8) is 0 Å². The van der Waals surface area contributed by atoms with Gasteiger partial charge in [-0.05, 0) is 20.4 Å². The van der Waals surface area contributed by atoms with E-state index in [1.165, 1.54) is 0 Å². The molecular weight excluding hydrogens is 252 g/mol. The Morgan fingerprint density at radius 1 is 1.50 bits per heavy atom. The lowest BCUT2D eigenvalue weighted by molar-refractivity contribution is -0.143. The summed E-state index contributed by atoms with van der Waals surface area (Å²) in [7, 11) is 0. The van der Waals surface area contributed by atoms with E-state index in [-0.39, 0.29) is 18.4 Å². The number of carbonyl (C=O) groups is 2. The van der Waals surface area contributed by atoms with Gasteiger partial charge in [0.1, 0.15) is 0 Å². The first kappa shape index (κ1) is 15.3. The number of thioether (sulfide) groups is 1. The van der Waals surface area contributed by atoms with Crippen molar-refractivity contribution in [3.05, 3.63) is 0 Å². The normalized spacial score (nSPS) is 20.8. The van der Waals surface area contributed by atoms with Crippen LogP contribution in [0.5, 0.6) is 0 Å². The van der Waals surface area contributed by atoms with E-state index in [1.54, 1.807) is 16.7 Å². The average molecular weight is 274 g/mol. The van der Waals surface area contributed by atoms with E-state index in [0.717, 1.165) is 5.75 Å². The molecule has 104 valence electrons. The fraction of sp³-hybridized carbons (Fsp3) is 0.833. The maximum atomic E-state index is 12.5. The van der Waals surface area contributed by atoms with Gasteiger partial charge < -0.3 is 15.3 Å². The highest BCUT2D eigenvalue weighted by molar-refractivity contribution is 7.99. The molecule has 1 atom stereocenters. The summed E-state index contributed by atoms with van der Waals surface area (Å²) in [6.45, 7) is 6.99.